The van der Waals surface area contributed by atoms with Crippen LogP contribution in [0.3, 0.4) is 0 Å². The highest BCUT2D eigenvalue weighted by molar-refractivity contribution is 5.90. The van der Waals surface area contributed by atoms with E-state index in [-0.39, 0.29) is 17.9 Å². The Morgan fingerprint density at radius 2 is 1.94 bits per heavy atom. The van der Waals surface area contributed by atoms with Crippen molar-refractivity contribution in [2.45, 2.75) is 31.3 Å². The van der Waals surface area contributed by atoms with E-state index in [0.717, 1.165) is 18.4 Å². The van der Waals surface area contributed by atoms with Gasteiger partial charge in [0.2, 0.25) is 5.90 Å². The van der Waals surface area contributed by atoms with Crippen molar-refractivity contribution >= 4 is 23.6 Å². The molecular formula is C23H21N3O5. The zero-order chi connectivity index (χ0) is 21.8. The summed E-state index contributed by atoms with van der Waals surface area (Å²) in [5.74, 6) is -0.441. The van der Waals surface area contributed by atoms with Gasteiger partial charge in [0.15, 0.2) is 6.10 Å². The normalized spacial score (nSPS) is 19.4. The van der Waals surface area contributed by atoms with Crippen LogP contribution in [-0.2, 0) is 19.7 Å². The van der Waals surface area contributed by atoms with Gasteiger partial charge >= 0.3 is 12.1 Å². The van der Waals surface area contributed by atoms with Gasteiger partial charge in [-0.25, -0.2) is 9.59 Å². The number of carbonyl (C=O) groups is 2. The number of oxime groups is 1. The van der Waals surface area contributed by atoms with Gasteiger partial charge in [0.05, 0.1) is 23.6 Å². The molecule has 0 radical (unpaired) electrons. The fourth-order valence-corrected chi connectivity index (χ4v) is 3.34. The molecule has 2 aromatic rings. The van der Waals surface area contributed by atoms with Crippen LogP contribution in [0.2, 0.25) is 0 Å². The molecule has 0 aromatic heterocycles. The van der Waals surface area contributed by atoms with E-state index >= 15 is 0 Å². The number of benzene rings is 2. The molecule has 8 heteroatoms. The minimum atomic E-state index is -0.588. The van der Waals surface area contributed by atoms with E-state index in [1.165, 1.54) is 4.90 Å². The fraction of sp³-hybridized carbons (Fsp3) is 0.304. The van der Waals surface area contributed by atoms with E-state index in [0.29, 0.717) is 17.8 Å². The van der Waals surface area contributed by atoms with Gasteiger partial charge in [-0.15, -0.1) is 0 Å². The van der Waals surface area contributed by atoms with Crippen LogP contribution < -0.4 is 4.90 Å². The van der Waals surface area contributed by atoms with Gasteiger partial charge in [0, 0.05) is 12.6 Å². The molecule has 1 atom stereocenters. The van der Waals surface area contributed by atoms with Gasteiger partial charge < -0.3 is 14.3 Å². The van der Waals surface area contributed by atoms with Crippen molar-refractivity contribution < 1.29 is 23.9 Å². The molecule has 1 saturated heterocycles. The van der Waals surface area contributed by atoms with Gasteiger partial charge in [-0.2, -0.15) is 5.26 Å². The van der Waals surface area contributed by atoms with Crippen LogP contribution >= 0.6 is 0 Å². The Balaban J connectivity index is 1.28. The molecule has 31 heavy (non-hydrogen) atoms. The van der Waals surface area contributed by atoms with Crippen LogP contribution in [0.4, 0.5) is 10.5 Å². The van der Waals surface area contributed by atoms with Gasteiger partial charge in [-0.1, -0.05) is 30.3 Å². The van der Waals surface area contributed by atoms with E-state index in [2.05, 4.69) is 11.2 Å². The molecule has 1 heterocycles. The number of nitrogens with zero attached hydrogens (tertiary/aromatic N) is 3. The molecule has 158 valence electrons. The van der Waals surface area contributed by atoms with E-state index in [4.69, 9.17) is 14.3 Å². The minimum Gasteiger partial charge on any atom is -0.475 e. The smallest absolute Gasteiger partial charge is 0.414 e. The standard InChI is InChI=1S/C23H21N3O5/c1-16(25-31-21(27)17-5-3-2-4-6-17)29-14-20-13-26(22(28)30-20)19-9-7-18(8-10-19)23(15-24)11-12-23/h2-10,20H,11-14H2,1H3/b25-16+/t20-/m0/s1. The predicted octanol–water partition coefficient (Wildman–Crippen LogP) is 3.77. The first-order valence-electron chi connectivity index (χ1n) is 9.94. The second-order valence-electron chi connectivity index (χ2n) is 7.52. The maximum Gasteiger partial charge on any atom is 0.414 e. The number of amides is 1. The van der Waals surface area contributed by atoms with Gasteiger partial charge in [-0.05, 0) is 47.8 Å². The lowest BCUT2D eigenvalue weighted by Gasteiger charge is -2.14. The fourth-order valence-electron chi connectivity index (χ4n) is 3.34. The molecule has 2 aromatic carbocycles. The number of nitriles is 1. The molecule has 0 spiro atoms. The Bertz CT molecular complexity index is 1040. The van der Waals surface area contributed by atoms with Crippen LogP contribution in [0, 0.1) is 11.3 Å². The molecule has 1 amide bonds. The van der Waals surface area contributed by atoms with Crippen LogP contribution in [0.5, 0.6) is 0 Å². The average Bonchev–Trinajstić information content (AvgIpc) is 3.52. The first-order valence-corrected chi connectivity index (χ1v) is 9.94. The highest BCUT2D eigenvalue weighted by atomic mass is 16.7. The molecule has 2 aliphatic rings. The summed E-state index contributed by atoms with van der Waals surface area (Å²) in [6.07, 6.45) is 0.787. The van der Waals surface area contributed by atoms with Gasteiger partial charge in [0.25, 0.3) is 0 Å². The average molecular weight is 419 g/mol. The molecular weight excluding hydrogens is 398 g/mol. The molecule has 8 nitrogen and oxygen atoms in total. The molecule has 0 unspecified atom stereocenters. The monoisotopic (exact) mass is 419 g/mol. The van der Waals surface area contributed by atoms with Crippen molar-refractivity contribution in [1.29, 1.82) is 5.26 Å². The summed E-state index contributed by atoms with van der Waals surface area (Å²) >= 11 is 0. The Morgan fingerprint density at radius 1 is 1.23 bits per heavy atom. The molecule has 1 aliphatic carbocycles. The molecule has 2 fully saturated rings. The van der Waals surface area contributed by atoms with Crippen molar-refractivity contribution in [1.82, 2.24) is 0 Å². The Morgan fingerprint density at radius 3 is 2.58 bits per heavy atom. The number of hydrogen-bond donors (Lipinski definition) is 0. The van der Waals surface area contributed by atoms with Gasteiger partial charge in [0.1, 0.15) is 6.61 Å². The Kier molecular flexibility index (Phi) is 5.58. The summed E-state index contributed by atoms with van der Waals surface area (Å²) in [7, 11) is 0. The number of anilines is 1. The minimum absolute atomic E-state index is 0.0795. The number of rotatable bonds is 6. The summed E-state index contributed by atoms with van der Waals surface area (Å²) in [5, 5.41) is 13.0. The van der Waals surface area contributed by atoms with Crippen LogP contribution in [-0.4, -0.2) is 37.2 Å². The lowest BCUT2D eigenvalue weighted by atomic mass is 9.97. The highest BCUT2D eigenvalue weighted by Crippen LogP contribution is 2.47. The SMILES string of the molecule is C/C(=N\OC(=O)c1ccccc1)OC[C@@H]1CN(c2ccc(C3(C#N)CC3)cc2)C(=O)O1. The van der Waals surface area contributed by atoms with E-state index < -0.39 is 18.2 Å². The first-order chi connectivity index (χ1) is 15.0. The largest absolute Gasteiger partial charge is 0.475 e. The van der Waals surface area contributed by atoms with E-state index in [1.807, 2.05) is 24.3 Å². The van der Waals surface area contributed by atoms with Crippen molar-refractivity contribution in [3.8, 4) is 6.07 Å². The quantitative estimate of drug-likeness (QED) is 0.306. The zero-order valence-corrected chi connectivity index (χ0v) is 17.0. The first kappa shape index (κ1) is 20.4. The summed E-state index contributed by atoms with van der Waals surface area (Å²) in [6, 6.07) is 18.3. The second kappa shape index (κ2) is 8.48. The van der Waals surface area contributed by atoms with Crippen molar-refractivity contribution in [3.05, 3.63) is 65.7 Å². The number of ether oxygens (including phenoxy) is 2. The number of cyclic esters (lactones) is 1. The van der Waals surface area contributed by atoms with Gasteiger partial charge in [-0.3, -0.25) is 4.90 Å². The van der Waals surface area contributed by atoms with Crippen molar-refractivity contribution in [3.63, 3.8) is 0 Å². The summed E-state index contributed by atoms with van der Waals surface area (Å²) in [5.41, 5.74) is 1.70. The summed E-state index contributed by atoms with van der Waals surface area (Å²) in [4.78, 5) is 30.5. The lowest BCUT2D eigenvalue weighted by Crippen LogP contribution is -2.26. The zero-order valence-electron chi connectivity index (χ0n) is 17.0. The molecule has 0 bridgehead atoms. The summed E-state index contributed by atoms with van der Waals surface area (Å²) in [6.45, 7) is 1.95. The van der Waals surface area contributed by atoms with Crippen LogP contribution in [0.25, 0.3) is 0 Å². The summed E-state index contributed by atoms with van der Waals surface area (Å²) < 4.78 is 10.8. The number of carbonyl (C=O) groups excluding carboxylic acids is 2. The van der Waals surface area contributed by atoms with Crippen molar-refractivity contribution in [2.75, 3.05) is 18.1 Å². The maximum atomic E-state index is 12.2. The highest BCUT2D eigenvalue weighted by Gasteiger charge is 2.45. The topological polar surface area (TPSA) is 101 Å². The molecule has 1 saturated carbocycles. The molecule has 1 aliphatic heterocycles. The van der Waals surface area contributed by atoms with Crippen LogP contribution in [0.15, 0.2) is 59.8 Å². The van der Waals surface area contributed by atoms with Crippen molar-refractivity contribution in [2.24, 2.45) is 5.16 Å². The molecule has 4 rings (SSSR count). The molecule has 0 N–H and O–H groups in total. The predicted molar refractivity (Wildman–Crippen MR) is 112 cm³/mol. The number of hydrogen-bond acceptors (Lipinski definition) is 7. The third kappa shape index (κ3) is 4.51. The Hall–Kier alpha value is -3.86. The maximum absolute atomic E-state index is 12.2. The third-order valence-electron chi connectivity index (χ3n) is 5.31. The van der Waals surface area contributed by atoms with Crippen LogP contribution in [0.1, 0.15) is 35.7 Å². The third-order valence-corrected chi connectivity index (χ3v) is 5.31. The lowest BCUT2D eigenvalue weighted by molar-refractivity contribution is 0.0489. The Labute approximate surface area is 179 Å². The van der Waals surface area contributed by atoms with E-state index in [1.54, 1.807) is 37.3 Å². The second-order valence-corrected chi connectivity index (χ2v) is 7.52. The van der Waals surface area contributed by atoms with E-state index in [9.17, 15) is 14.9 Å².